The van der Waals surface area contributed by atoms with Gasteiger partial charge in [-0.25, -0.2) is 0 Å². The summed E-state index contributed by atoms with van der Waals surface area (Å²) in [6, 6.07) is 7.21. The van der Waals surface area contributed by atoms with Crippen LogP contribution in [0.1, 0.15) is 31.2 Å². The predicted octanol–water partition coefficient (Wildman–Crippen LogP) is 4.05. The first-order valence-corrected chi connectivity index (χ1v) is 7.97. The molecule has 0 bridgehead atoms. The molecule has 3 rings (SSSR count). The monoisotopic (exact) mass is 348 g/mol. The minimum atomic E-state index is -0.630. The molecule has 1 heterocycles. The Kier molecular flexibility index (Phi) is 4.09. The molecule has 0 saturated heterocycles. The van der Waals surface area contributed by atoms with Crippen molar-refractivity contribution < 1.29 is 9.53 Å². The van der Waals surface area contributed by atoms with E-state index in [0.717, 1.165) is 0 Å². The zero-order chi connectivity index (χ0) is 16.7. The van der Waals surface area contributed by atoms with Gasteiger partial charge in [-0.1, -0.05) is 42.3 Å². The Morgan fingerprint density at radius 3 is 2.78 bits per heavy atom. The summed E-state index contributed by atoms with van der Waals surface area (Å²) in [7, 11) is 0. The molecule has 0 spiro atoms. The lowest BCUT2D eigenvalue weighted by atomic mass is 9.75. The molecule has 0 aromatic heterocycles. The lowest BCUT2D eigenvalue weighted by molar-refractivity contribution is -0.117. The minimum absolute atomic E-state index is 0.0224. The lowest BCUT2D eigenvalue weighted by Crippen LogP contribution is -2.29. The van der Waals surface area contributed by atoms with Gasteiger partial charge in [-0.15, -0.1) is 0 Å². The zero-order valence-corrected chi connectivity index (χ0v) is 13.9. The molecule has 0 amide bonds. The standard InChI is InChI=1S/C17H14Cl2N2O2/c1-8-5-12(22)15-13(6-8)23-17(21)10(7-20)14(15)9-3-2-4-11(18)16(9)19/h2-4,8,14H,5-6,21H2,1H3/t8-,14+/m1/s1. The summed E-state index contributed by atoms with van der Waals surface area (Å²) in [5.74, 6) is 0.0589. The number of ketones is 1. The molecule has 0 fully saturated rings. The molecular formula is C17H14Cl2N2O2. The van der Waals surface area contributed by atoms with Crippen LogP contribution in [0.5, 0.6) is 0 Å². The van der Waals surface area contributed by atoms with Crippen molar-refractivity contribution in [2.75, 3.05) is 0 Å². The first-order chi connectivity index (χ1) is 10.9. The summed E-state index contributed by atoms with van der Waals surface area (Å²) < 4.78 is 5.57. The number of hydrogen-bond donors (Lipinski definition) is 1. The number of nitriles is 1. The highest BCUT2D eigenvalue weighted by atomic mass is 35.5. The number of benzene rings is 1. The third kappa shape index (κ3) is 2.60. The van der Waals surface area contributed by atoms with Crippen LogP contribution < -0.4 is 5.73 Å². The number of halogens is 2. The van der Waals surface area contributed by atoms with Gasteiger partial charge in [0.2, 0.25) is 5.88 Å². The fourth-order valence-electron chi connectivity index (χ4n) is 3.15. The van der Waals surface area contributed by atoms with Gasteiger partial charge in [-0.3, -0.25) is 4.79 Å². The largest absolute Gasteiger partial charge is 0.444 e. The van der Waals surface area contributed by atoms with Crippen LogP contribution in [-0.4, -0.2) is 5.78 Å². The average molecular weight is 349 g/mol. The van der Waals surface area contributed by atoms with E-state index in [1.165, 1.54) is 0 Å². The number of nitrogens with two attached hydrogens (primary N) is 1. The molecule has 1 aliphatic carbocycles. The van der Waals surface area contributed by atoms with Gasteiger partial charge in [-0.05, 0) is 17.5 Å². The van der Waals surface area contributed by atoms with Crippen LogP contribution in [0.3, 0.4) is 0 Å². The number of carbonyl (C=O) groups excluding carboxylic acids is 1. The highest BCUT2D eigenvalue weighted by Crippen LogP contribution is 2.47. The van der Waals surface area contributed by atoms with E-state index in [2.05, 4.69) is 6.07 Å². The van der Waals surface area contributed by atoms with Crippen molar-refractivity contribution in [1.29, 1.82) is 5.26 Å². The highest BCUT2D eigenvalue weighted by molar-refractivity contribution is 6.42. The van der Waals surface area contributed by atoms with Crippen LogP contribution in [-0.2, 0) is 9.53 Å². The Morgan fingerprint density at radius 2 is 2.09 bits per heavy atom. The van der Waals surface area contributed by atoms with E-state index in [1.807, 2.05) is 6.92 Å². The summed E-state index contributed by atoms with van der Waals surface area (Å²) in [6.45, 7) is 1.98. The van der Waals surface area contributed by atoms with E-state index >= 15 is 0 Å². The Bertz CT molecular complexity index is 805. The number of allylic oxidation sites excluding steroid dienone is 3. The zero-order valence-electron chi connectivity index (χ0n) is 12.4. The van der Waals surface area contributed by atoms with E-state index in [9.17, 15) is 10.1 Å². The fraction of sp³-hybridized carbons (Fsp3) is 0.294. The van der Waals surface area contributed by atoms with Crippen LogP contribution in [0.2, 0.25) is 10.0 Å². The molecule has 1 aromatic rings. The predicted molar refractivity (Wildman–Crippen MR) is 87.5 cm³/mol. The second-order valence-electron chi connectivity index (χ2n) is 5.84. The van der Waals surface area contributed by atoms with Gasteiger partial charge >= 0.3 is 0 Å². The van der Waals surface area contributed by atoms with Gasteiger partial charge in [0.15, 0.2) is 5.78 Å². The van der Waals surface area contributed by atoms with Crippen molar-refractivity contribution in [3.8, 4) is 6.07 Å². The van der Waals surface area contributed by atoms with Gasteiger partial charge in [-0.2, -0.15) is 5.26 Å². The van der Waals surface area contributed by atoms with E-state index < -0.39 is 5.92 Å². The molecule has 118 valence electrons. The van der Waals surface area contributed by atoms with Crippen molar-refractivity contribution in [3.63, 3.8) is 0 Å². The van der Waals surface area contributed by atoms with Crippen LogP contribution in [0.4, 0.5) is 0 Å². The Morgan fingerprint density at radius 1 is 1.35 bits per heavy atom. The van der Waals surface area contributed by atoms with Crippen LogP contribution >= 0.6 is 23.2 Å². The van der Waals surface area contributed by atoms with E-state index in [0.29, 0.717) is 39.8 Å². The van der Waals surface area contributed by atoms with Crippen molar-refractivity contribution >= 4 is 29.0 Å². The maximum Gasteiger partial charge on any atom is 0.205 e. The molecule has 1 aromatic carbocycles. The van der Waals surface area contributed by atoms with E-state index in [1.54, 1.807) is 18.2 Å². The average Bonchev–Trinajstić information content (AvgIpc) is 2.48. The Labute approximate surface area is 144 Å². The molecule has 0 saturated carbocycles. The summed E-state index contributed by atoms with van der Waals surface area (Å²) in [4.78, 5) is 12.6. The van der Waals surface area contributed by atoms with Crippen molar-refractivity contribution in [2.45, 2.75) is 25.7 Å². The SMILES string of the molecule is C[C@@H]1CC(=O)C2=C(C1)OC(N)=C(C#N)[C@@H]2c1cccc(Cl)c1Cl. The number of Topliss-reactive ketones (excluding diaryl/α,β-unsaturated/α-hetero) is 1. The van der Waals surface area contributed by atoms with Crippen LogP contribution in [0, 0.1) is 17.2 Å². The second-order valence-corrected chi connectivity index (χ2v) is 6.63. The summed E-state index contributed by atoms with van der Waals surface area (Å²) in [5.41, 5.74) is 7.17. The number of hydrogen-bond acceptors (Lipinski definition) is 4. The summed E-state index contributed by atoms with van der Waals surface area (Å²) in [6.07, 6.45) is 1.02. The molecule has 2 aliphatic rings. The highest BCUT2D eigenvalue weighted by Gasteiger charge is 2.40. The molecular weight excluding hydrogens is 335 g/mol. The smallest absolute Gasteiger partial charge is 0.205 e. The normalized spacial score (nSPS) is 24.2. The molecule has 23 heavy (non-hydrogen) atoms. The molecule has 2 atom stereocenters. The third-order valence-electron chi connectivity index (χ3n) is 4.16. The van der Waals surface area contributed by atoms with Gasteiger partial charge in [0.25, 0.3) is 0 Å². The first-order valence-electron chi connectivity index (χ1n) is 7.21. The van der Waals surface area contributed by atoms with Crippen molar-refractivity contribution in [2.24, 2.45) is 11.7 Å². The molecule has 0 unspecified atom stereocenters. The van der Waals surface area contributed by atoms with Gasteiger partial charge in [0.05, 0.1) is 16.0 Å². The molecule has 4 nitrogen and oxygen atoms in total. The molecule has 0 radical (unpaired) electrons. The second kappa shape index (κ2) is 5.92. The quantitative estimate of drug-likeness (QED) is 0.830. The maximum absolute atomic E-state index is 12.6. The Hall–Kier alpha value is -1.96. The summed E-state index contributed by atoms with van der Waals surface area (Å²) in [5, 5.41) is 10.2. The maximum atomic E-state index is 12.6. The number of nitrogens with zero attached hydrogens (tertiary/aromatic N) is 1. The molecule has 1 aliphatic heterocycles. The van der Waals surface area contributed by atoms with Gasteiger partial charge in [0, 0.05) is 18.4 Å². The first kappa shape index (κ1) is 15.9. The van der Waals surface area contributed by atoms with Gasteiger partial charge in [0.1, 0.15) is 17.4 Å². The fourth-order valence-corrected chi connectivity index (χ4v) is 3.56. The topological polar surface area (TPSA) is 76.1 Å². The molecule has 2 N–H and O–H groups in total. The van der Waals surface area contributed by atoms with Crippen LogP contribution in [0.25, 0.3) is 0 Å². The van der Waals surface area contributed by atoms with Crippen molar-refractivity contribution in [3.05, 3.63) is 56.6 Å². The number of carbonyl (C=O) groups is 1. The lowest BCUT2D eigenvalue weighted by Gasteiger charge is -2.33. The van der Waals surface area contributed by atoms with Crippen LogP contribution in [0.15, 0.2) is 41.0 Å². The molecule has 6 heteroatoms. The van der Waals surface area contributed by atoms with E-state index in [-0.39, 0.29) is 23.2 Å². The van der Waals surface area contributed by atoms with Crippen molar-refractivity contribution in [1.82, 2.24) is 0 Å². The van der Waals surface area contributed by atoms with Gasteiger partial charge < -0.3 is 10.5 Å². The Balaban J connectivity index is 2.24. The third-order valence-corrected chi connectivity index (χ3v) is 4.99. The summed E-state index contributed by atoms with van der Waals surface area (Å²) >= 11 is 12.4. The number of rotatable bonds is 1. The number of ether oxygens (including phenoxy) is 1. The minimum Gasteiger partial charge on any atom is -0.444 e. The van der Waals surface area contributed by atoms with E-state index in [4.69, 9.17) is 33.7 Å².